The molecule has 2 aromatic rings. The Morgan fingerprint density at radius 2 is 2.00 bits per heavy atom. The van der Waals surface area contributed by atoms with Gasteiger partial charge in [-0.15, -0.1) is 0 Å². The molecule has 24 heavy (non-hydrogen) atoms. The molecule has 0 bridgehead atoms. The summed E-state index contributed by atoms with van der Waals surface area (Å²) in [5, 5.41) is 7.51. The highest BCUT2D eigenvalue weighted by Gasteiger charge is 2.27. The zero-order valence-corrected chi connectivity index (χ0v) is 13.9. The molecule has 1 aromatic heterocycles. The first-order chi connectivity index (χ1) is 11.8. The maximum atomic E-state index is 12.6. The molecule has 1 atom stereocenters. The largest absolute Gasteiger partial charge is 0.331 e. The molecule has 2 heterocycles. The van der Waals surface area contributed by atoms with E-state index in [-0.39, 0.29) is 12.1 Å². The van der Waals surface area contributed by atoms with Crippen molar-refractivity contribution in [2.24, 2.45) is 5.92 Å². The number of carbonyl (C=O) groups excluding carboxylic acids is 1. The monoisotopic (exact) mass is 324 g/mol. The lowest BCUT2D eigenvalue weighted by atomic mass is 9.97. The van der Waals surface area contributed by atoms with Crippen molar-refractivity contribution < 1.29 is 4.79 Å². The molecule has 1 saturated heterocycles. The number of aromatic nitrogens is 2. The van der Waals surface area contributed by atoms with Gasteiger partial charge in [0.1, 0.15) is 0 Å². The Morgan fingerprint density at radius 1 is 1.17 bits per heavy atom. The fraction of sp³-hybridized carbons (Fsp3) is 0.474. The molecule has 1 fully saturated rings. The van der Waals surface area contributed by atoms with Gasteiger partial charge in [-0.1, -0.05) is 24.3 Å². The van der Waals surface area contributed by atoms with Crippen LogP contribution in [0.25, 0.3) is 0 Å². The molecule has 1 N–H and O–H groups in total. The number of rotatable bonds is 3. The highest BCUT2D eigenvalue weighted by molar-refractivity contribution is 5.75. The van der Waals surface area contributed by atoms with Crippen LogP contribution >= 0.6 is 0 Å². The Labute approximate surface area is 142 Å². The quantitative estimate of drug-likeness (QED) is 0.943. The fourth-order valence-electron chi connectivity index (χ4n) is 3.94. The van der Waals surface area contributed by atoms with Crippen molar-refractivity contribution in [3.8, 4) is 0 Å². The molecule has 2 amide bonds. The van der Waals surface area contributed by atoms with Gasteiger partial charge >= 0.3 is 6.03 Å². The van der Waals surface area contributed by atoms with E-state index in [0.29, 0.717) is 5.92 Å². The predicted molar refractivity (Wildman–Crippen MR) is 92.6 cm³/mol. The lowest BCUT2D eigenvalue weighted by Crippen LogP contribution is -2.45. The summed E-state index contributed by atoms with van der Waals surface area (Å²) < 4.78 is 2.00. The first-order valence-corrected chi connectivity index (χ1v) is 8.90. The van der Waals surface area contributed by atoms with Crippen molar-refractivity contribution in [1.29, 1.82) is 0 Å². The summed E-state index contributed by atoms with van der Waals surface area (Å²) in [7, 11) is 0. The average molecular weight is 324 g/mol. The van der Waals surface area contributed by atoms with Gasteiger partial charge in [0, 0.05) is 32.0 Å². The number of hydrogen-bond donors (Lipinski definition) is 1. The maximum Gasteiger partial charge on any atom is 0.317 e. The summed E-state index contributed by atoms with van der Waals surface area (Å²) in [6, 6.07) is 10.7. The van der Waals surface area contributed by atoms with Gasteiger partial charge in [0.25, 0.3) is 0 Å². The minimum absolute atomic E-state index is 0.0919. The van der Waals surface area contributed by atoms with Crippen LogP contribution in [0.15, 0.2) is 42.7 Å². The van der Waals surface area contributed by atoms with E-state index in [2.05, 4.69) is 34.7 Å². The Balaban J connectivity index is 1.29. The zero-order valence-electron chi connectivity index (χ0n) is 13.9. The van der Waals surface area contributed by atoms with Gasteiger partial charge < -0.3 is 10.2 Å². The number of urea groups is 1. The van der Waals surface area contributed by atoms with Crippen LogP contribution in [0, 0.1) is 5.92 Å². The number of piperidine rings is 1. The second-order valence-electron chi connectivity index (χ2n) is 6.90. The van der Waals surface area contributed by atoms with Gasteiger partial charge in [-0.05, 0) is 48.8 Å². The van der Waals surface area contributed by atoms with Gasteiger partial charge in [-0.25, -0.2) is 4.79 Å². The second-order valence-corrected chi connectivity index (χ2v) is 6.90. The van der Waals surface area contributed by atoms with Crippen LogP contribution in [-0.4, -0.2) is 33.8 Å². The van der Waals surface area contributed by atoms with E-state index in [1.54, 1.807) is 0 Å². The summed E-state index contributed by atoms with van der Waals surface area (Å²) >= 11 is 0. The van der Waals surface area contributed by atoms with Crippen molar-refractivity contribution in [3.63, 3.8) is 0 Å². The normalized spacial score (nSPS) is 20.8. The van der Waals surface area contributed by atoms with Crippen LogP contribution in [0.2, 0.25) is 0 Å². The third kappa shape index (κ3) is 3.16. The maximum absolute atomic E-state index is 12.6. The smallest absolute Gasteiger partial charge is 0.317 e. The minimum atomic E-state index is 0.0919. The minimum Gasteiger partial charge on any atom is -0.331 e. The molecular weight excluding hydrogens is 300 g/mol. The standard InChI is InChI=1S/C19H24N4O/c24-19(21-18-7-6-16-4-1-2-5-17(16)18)22-12-8-15(9-13-22)14-23-11-3-10-20-23/h1-5,10-11,15,18H,6-9,12-14H2,(H,21,24). The number of amides is 2. The molecule has 1 unspecified atom stereocenters. The van der Waals surface area contributed by atoms with Gasteiger partial charge in [-0.2, -0.15) is 5.10 Å². The zero-order chi connectivity index (χ0) is 16.4. The lowest BCUT2D eigenvalue weighted by Gasteiger charge is -2.33. The highest BCUT2D eigenvalue weighted by atomic mass is 16.2. The van der Waals surface area contributed by atoms with Crippen LogP contribution in [0.1, 0.15) is 36.4 Å². The van der Waals surface area contributed by atoms with Gasteiger partial charge in [-0.3, -0.25) is 4.68 Å². The second kappa shape index (κ2) is 6.67. The van der Waals surface area contributed by atoms with Crippen LogP contribution in [0.4, 0.5) is 4.79 Å². The van der Waals surface area contributed by atoms with E-state index < -0.39 is 0 Å². The highest BCUT2D eigenvalue weighted by Crippen LogP contribution is 2.31. The number of likely N-dealkylation sites (tertiary alicyclic amines) is 1. The summed E-state index contributed by atoms with van der Waals surface area (Å²) in [5.41, 5.74) is 2.67. The number of hydrogen-bond acceptors (Lipinski definition) is 2. The molecule has 1 aliphatic carbocycles. The van der Waals surface area contributed by atoms with Crippen molar-refractivity contribution in [2.45, 2.75) is 38.3 Å². The van der Waals surface area contributed by atoms with E-state index in [4.69, 9.17) is 0 Å². The predicted octanol–water partition coefficient (Wildman–Crippen LogP) is 2.99. The SMILES string of the molecule is O=C(NC1CCc2ccccc21)N1CCC(Cn2cccn2)CC1. The van der Waals surface area contributed by atoms with E-state index in [0.717, 1.165) is 45.3 Å². The summed E-state index contributed by atoms with van der Waals surface area (Å²) in [6.45, 7) is 2.64. The third-order valence-electron chi connectivity index (χ3n) is 5.34. The number of benzene rings is 1. The fourth-order valence-corrected chi connectivity index (χ4v) is 3.94. The number of carbonyl (C=O) groups is 1. The lowest BCUT2D eigenvalue weighted by molar-refractivity contribution is 0.161. The summed E-state index contributed by atoms with van der Waals surface area (Å²) in [6.07, 6.45) is 8.01. The number of fused-ring (bicyclic) bond motifs is 1. The van der Waals surface area contributed by atoms with Crippen LogP contribution in [-0.2, 0) is 13.0 Å². The third-order valence-corrected chi connectivity index (χ3v) is 5.34. The molecule has 126 valence electrons. The van der Waals surface area contributed by atoms with E-state index in [1.165, 1.54) is 11.1 Å². The van der Waals surface area contributed by atoms with Gasteiger partial charge in [0.05, 0.1) is 6.04 Å². The molecule has 0 saturated carbocycles. The topological polar surface area (TPSA) is 50.2 Å². The van der Waals surface area contributed by atoms with Crippen LogP contribution in [0.3, 0.4) is 0 Å². The van der Waals surface area contributed by atoms with E-state index in [1.807, 2.05) is 28.0 Å². The van der Waals surface area contributed by atoms with Crippen molar-refractivity contribution >= 4 is 6.03 Å². The average Bonchev–Trinajstić information content (AvgIpc) is 3.26. The van der Waals surface area contributed by atoms with E-state index in [9.17, 15) is 4.79 Å². The van der Waals surface area contributed by atoms with Crippen LogP contribution in [0.5, 0.6) is 0 Å². The molecule has 0 radical (unpaired) electrons. The molecule has 5 heteroatoms. The number of nitrogens with one attached hydrogen (secondary N) is 1. The van der Waals surface area contributed by atoms with Crippen molar-refractivity contribution in [3.05, 3.63) is 53.9 Å². The Morgan fingerprint density at radius 3 is 2.79 bits per heavy atom. The van der Waals surface area contributed by atoms with Gasteiger partial charge in [0.15, 0.2) is 0 Å². The first kappa shape index (κ1) is 15.2. The molecule has 2 aliphatic rings. The Bertz CT molecular complexity index is 689. The van der Waals surface area contributed by atoms with Crippen molar-refractivity contribution in [2.75, 3.05) is 13.1 Å². The summed E-state index contributed by atoms with van der Waals surface area (Å²) in [4.78, 5) is 14.6. The summed E-state index contributed by atoms with van der Waals surface area (Å²) in [5.74, 6) is 0.612. The van der Waals surface area contributed by atoms with E-state index >= 15 is 0 Å². The van der Waals surface area contributed by atoms with Crippen LogP contribution < -0.4 is 5.32 Å². The first-order valence-electron chi connectivity index (χ1n) is 8.90. The molecule has 4 rings (SSSR count). The number of aryl methyl sites for hydroxylation is 1. The molecule has 1 aromatic carbocycles. The molecular formula is C19H24N4O. The Hall–Kier alpha value is -2.30. The Kier molecular flexibility index (Phi) is 4.24. The van der Waals surface area contributed by atoms with Crippen molar-refractivity contribution in [1.82, 2.24) is 20.0 Å². The molecule has 1 aliphatic heterocycles. The molecule has 0 spiro atoms. The van der Waals surface area contributed by atoms with Gasteiger partial charge in [0.2, 0.25) is 0 Å². The number of nitrogens with zero attached hydrogens (tertiary/aromatic N) is 3. The molecule has 5 nitrogen and oxygen atoms in total.